The van der Waals surface area contributed by atoms with Gasteiger partial charge in [0.05, 0.1) is 12.7 Å². The molecule has 2 rings (SSSR count). The molecule has 2 fully saturated rings. The van der Waals surface area contributed by atoms with Gasteiger partial charge in [-0.1, -0.05) is 6.92 Å². The second-order valence-corrected chi connectivity index (χ2v) is 4.53. The average Bonchev–Trinajstić information content (AvgIpc) is 2.48. The minimum absolute atomic E-state index is 0.184. The Hall–Kier alpha value is -0.770. The maximum atomic E-state index is 11.7. The summed E-state index contributed by atoms with van der Waals surface area (Å²) in [5.41, 5.74) is 0. The van der Waals surface area contributed by atoms with Crippen molar-refractivity contribution in [3.8, 4) is 0 Å². The number of fused-ring (bicyclic) bond motifs is 2. The van der Waals surface area contributed by atoms with Crippen molar-refractivity contribution in [2.45, 2.75) is 57.2 Å². The topological polar surface area (TPSA) is 49.8 Å². The third-order valence-corrected chi connectivity index (χ3v) is 3.35. The summed E-state index contributed by atoms with van der Waals surface area (Å²) >= 11 is 0. The van der Waals surface area contributed by atoms with Gasteiger partial charge in [0.25, 0.3) is 0 Å². The van der Waals surface area contributed by atoms with Crippen LogP contribution < -0.4 is 0 Å². The monoisotopic (exact) mass is 213 g/mol. The third-order valence-electron chi connectivity index (χ3n) is 3.35. The minimum Gasteiger partial charge on any atom is -0.449 e. The van der Waals surface area contributed by atoms with Crippen molar-refractivity contribution in [3.05, 3.63) is 0 Å². The first kappa shape index (κ1) is 10.7. The molecule has 0 spiro atoms. The van der Waals surface area contributed by atoms with Gasteiger partial charge < -0.3 is 14.7 Å². The quantitative estimate of drug-likeness (QED) is 0.756. The first-order valence-electron chi connectivity index (χ1n) is 5.85. The Morgan fingerprint density at radius 2 is 2.00 bits per heavy atom. The van der Waals surface area contributed by atoms with Crippen LogP contribution >= 0.6 is 0 Å². The number of carbonyl (C=O) groups is 1. The zero-order valence-electron chi connectivity index (χ0n) is 9.19. The van der Waals surface area contributed by atoms with E-state index in [0.717, 1.165) is 32.1 Å². The van der Waals surface area contributed by atoms with Gasteiger partial charge in [0.15, 0.2) is 0 Å². The molecule has 0 saturated carbocycles. The molecular formula is C11H19NO3. The molecule has 2 aliphatic rings. The molecule has 2 bridgehead atoms. The van der Waals surface area contributed by atoms with Crippen LogP contribution in [0.2, 0.25) is 0 Å². The van der Waals surface area contributed by atoms with Gasteiger partial charge in [-0.3, -0.25) is 0 Å². The van der Waals surface area contributed by atoms with Crippen molar-refractivity contribution < 1.29 is 14.6 Å². The molecule has 2 saturated heterocycles. The lowest BCUT2D eigenvalue weighted by Crippen LogP contribution is -2.48. The summed E-state index contributed by atoms with van der Waals surface area (Å²) in [7, 11) is 0. The van der Waals surface area contributed by atoms with E-state index >= 15 is 0 Å². The van der Waals surface area contributed by atoms with Crippen LogP contribution in [-0.2, 0) is 4.74 Å². The van der Waals surface area contributed by atoms with Gasteiger partial charge >= 0.3 is 6.09 Å². The smallest absolute Gasteiger partial charge is 0.410 e. The van der Waals surface area contributed by atoms with Crippen LogP contribution in [0.25, 0.3) is 0 Å². The number of carbonyl (C=O) groups excluding carboxylic acids is 1. The predicted molar refractivity (Wildman–Crippen MR) is 55.5 cm³/mol. The van der Waals surface area contributed by atoms with Crippen molar-refractivity contribution in [1.29, 1.82) is 0 Å². The molecule has 2 heterocycles. The molecule has 86 valence electrons. The Morgan fingerprint density at radius 1 is 1.40 bits per heavy atom. The summed E-state index contributed by atoms with van der Waals surface area (Å²) < 4.78 is 5.15. The number of ether oxygens (including phenoxy) is 1. The van der Waals surface area contributed by atoms with Crippen LogP contribution in [0.15, 0.2) is 0 Å². The molecule has 2 aliphatic heterocycles. The van der Waals surface area contributed by atoms with Gasteiger partial charge in [-0.15, -0.1) is 0 Å². The SMILES string of the molecule is CCCOC(=O)N1[C@@H]2CC[C@H]1CC(O)C2. The van der Waals surface area contributed by atoms with E-state index in [9.17, 15) is 9.90 Å². The Morgan fingerprint density at radius 3 is 2.53 bits per heavy atom. The maximum Gasteiger partial charge on any atom is 0.410 e. The van der Waals surface area contributed by atoms with Crippen molar-refractivity contribution in [2.75, 3.05) is 6.61 Å². The summed E-state index contributed by atoms with van der Waals surface area (Å²) in [6.07, 6.45) is 3.92. The molecule has 0 radical (unpaired) electrons. The molecule has 0 aliphatic carbocycles. The highest BCUT2D eigenvalue weighted by Crippen LogP contribution is 2.36. The molecule has 3 atom stereocenters. The predicted octanol–water partition coefficient (Wildman–Crippen LogP) is 1.52. The summed E-state index contributed by atoms with van der Waals surface area (Å²) in [5, 5.41) is 9.59. The molecule has 0 aromatic rings. The lowest BCUT2D eigenvalue weighted by molar-refractivity contribution is 0.0247. The zero-order valence-corrected chi connectivity index (χ0v) is 9.19. The number of rotatable bonds is 2. The number of aliphatic hydroxyl groups excluding tert-OH is 1. The van der Waals surface area contributed by atoms with Crippen molar-refractivity contribution in [3.63, 3.8) is 0 Å². The Labute approximate surface area is 90.2 Å². The molecule has 4 heteroatoms. The van der Waals surface area contributed by atoms with E-state index in [1.54, 1.807) is 0 Å². The standard InChI is InChI=1S/C11H19NO3/c1-2-5-15-11(14)12-8-3-4-9(12)7-10(13)6-8/h8-10,13H,2-7H2,1H3/t8-,9+,10?. The normalized spacial score (nSPS) is 34.3. The Kier molecular flexibility index (Phi) is 3.14. The van der Waals surface area contributed by atoms with Crippen molar-refractivity contribution in [2.24, 2.45) is 0 Å². The van der Waals surface area contributed by atoms with Crippen LogP contribution in [0.3, 0.4) is 0 Å². The fraction of sp³-hybridized carbons (Fsp3) is 0.909. The average molecular weight is 213 g/mol. The summed E-state index contributed by atoms with van der Waals surface area (Å²) in [6, 6.07) is 0.422. The van der Waals surface area contributed by atoms with Gasteiger partial charge in [0, 0.05) is 12.1 Å². The molecule has 1 N–H and O–H groups in total. The minimum atomic E-state index is -0.224. The van der Waals surface area contributed by atoms with Crippen LogP contribution in [0.5, 0.6) is 0 Å². The number of amides is 1. The van der Waals surface area contributed by atoms with Gasteiger partial charge in [0.2, 0.25) is 0 Å². The van der Waals surface area contributed by atoms with E-state index < -0.39 is 0 Å². The first-order chi connectivity index (χ1) is 7.22. The van der Waals surface area contributed by atoms with E-state index in [1.807, 2.05) is 11.8 Å². The lowest BCUT2D eigenvalue weighted by Gasteiger charge is -2.36. The van der Waals surface area contributed by atoms with Gasteiger partial charge in [-0.2, -0.15) is 0 Å². The Balaban J connectivity index is 1.95. The van der Waals surface area contributed by atoms with Crippen LogP contribution in [0, 0.1) is 0 Å². The highest BCUT2D eigenvalue weighted by atomic mass is 16.6. The van der Waals surface area contributed by atoms with Crippen LogP contribution in [0.4, 0.5) is 4.79 Å². The van der Waals surface area contributed by atoms with E-state index in [2.05, 4.69) is 0 Å². The van der Waals surface area contributed by atoms with E-state index in [4.69, 9.17) is 4.74 Å². The lowest BCUT2D eigenvalue weighted by atomic mass is 10.0. The van der Waals surface area contributed by atoms with E-state index in [-0.39, 0.29) is 24.3 Å². The second kappa shape index (κ2) is 4.39. The fourth-order valence-electron chi connectivity index (χ4n) is 2.71. The number of nitrogens with zero attached hydrogens (tertiary/aromatic N) is 1. The van der Waals surface area contributed by atoms with E-state index in [0.29, 0.717) is 6.61 Å². The highest BCUT2D eigenvalue weighted by molar-refractivity contribution is 5.69. The maximum absolute atomic E-state index is 11.7. The van der Waals surface area contributed by atoms with Crippen molar-refractivity contribution >= 4 is 6.09 Å². The van der Waals surface area contributed by atoms with Crippen molar-refractivity contribution in [1.82, 2.24) is 4.90 Å². The fourth-order valence-corrected chi connectivity index (χ4v) is 2.71. The van der Waals surface area contributed by atoms with Gasteiger partial charge in [-0.25, -0.2) is 4.79 Å². The van der Waals surface area contributed by atoms with Crippen LogP contribution in [0.1, 0.15) is 39.0 Å². The Bertz CT molecular complexity index is 230. The second-order valence-electron chi connectivity index (χ2n) is 4.53. The number of aliphatic hydroxyl groups is 1. The molecule has 1 unspecified atom stereocenters. The van der Waals surface area contributed by atoms with E-state index in [1.165, 1.54) is 0 Å². The zero-order chi connectivity index (χ0) is 10.8. The molecule has 4 nitrogen and oxygen atoms in total. The van der Waals surface area contributed by atoms with Gasteiger partial charge in [0.1, 0.15) is 0 Å². The molecular weight excluding hydrogens is 194 g/mol. The largest absolute Gasteiger partial charge is 0.449 e. The number of piperidine rings is 1. The molecule has 0 aromatic carbocycles. The molecule has 1 amide bonds. The first-order valence-corrected chi connectivity index (χ1v) is 5.85. The third kappa shape index (κ3) is 2.09. The molecule has 15 heavy (non-hydrogen) atoms. The summed E-state index contributed by atoms with van der Waals surface area (Å²) in [4.78, 5) is 13.6. The number of hydrogen-bond donors (Lipinski definition) is 1. The van der Waals surface area contributed by atoms with Gasteiger partial charge in [-0.05, 0) is 32.1 Å². The van der Waals surface area contributed by atoms with Crippen LogP contribution in [-0.4, -0.2) is 40.9 Å². The highest BCUT2D eigenvalue weighted by Gasteiger charge is 2.43. The summed E-state index contributed by atoms with van der Waals surface area (Å²) in [6.45, 7) is 2.49. The molecule has 0 aromatic heterocycles. The summed E-state index contributed by atoms with van der Waals surface area (Å²) in [5.74, 6) is 0. The number of hydrogen-bond acceptors (Lipinski definition) is 3.